The number of allylic oxidation sites excluding steroid dienone is 1. The maximum absolute atomic E-state index is 11.6. The number of hydrogen-bond acceptors (Lipinski definition) is 4. The molecule has 0 unspecified atom stereocenters. The topological polar surface area (TPSA) is 41.6 Å². The molecule has 4 heteroatoms. The predicted molar refractivity (Wildman–Crippen MR) is 82.2 cm³/mol. The summed E-state index contributed by atoms with van der Waals surface area (Å²) in [5.41, 5.74) is 3.93. The Bertz CT molecular complexity index is 605. The molecule has 1 aliphatic heterocycles. The van der Waals surface area contributed by atoms with Crippen LogP contribution in [0.1, 0.15) is 24.5 Å². The van der Waals surface area contributed by atoms with Crippen molar-refractivity contribution in [3.8, 4) is 0 Å². The molecule has 1 aromatic rings. The average Bonchev–Trinajstić information content (AvgIpc) is 2.95. The first kappa shape index (κ1) is 13.7. The molecule has 0 aromatic heterocycles. The zero-order valence-electron chi connectivity index (χ0n) is 12.3. The van der Waals surface area contributed by atoms with E-state index in [1.54, 1.807) is 6.08 Å². The molecule has 110 valence electrons. The summed E-state index contributed by atoms with van der Waals surface area (Å²) >= 11 is 0. The number of carbonyl (C=O) groups excluding carboxylic acids is 1. The van der Waals surface area contributed by atoms with Crippen LogP contribution in [0.4, 0.5) is 0 Å². The molecule has 2 aliphatic rings. The Balaban J connectivity index is 1.83. The van der Waals surface area contributed by atoms with Crippen molar-refractivity contribution in [2.24, 2.45) is 0 Å². The van der Waals surface area contributed by atoms with E-state index in [4.69, 9.17) is 4.74 Å². The molecule has 1 fully saturated rings. The van der Waals surface area contributed by atoms with Crippen LogP contribution in [0.15, 0.2) is 41.9 Å². The molecule has 3 rings (SSSR count). The van der Waals surface area contributed by atoms with E-state index in [-0.39, 0.29) is 5.97 Å². The Morgan fingerprint density at radius 3 is 3.10 bits per heavy atom. The zero-order chi connectivity index (χ0) is 14.7. The van der Waals surface area contributed by atoms with Crippen molar-refractivity contribution in [3.63, 3.8) is 0 Å². The van der Waals surface area contributed by atoms with Gasteiger partial charge in [0.2, 0.25) is 0 Å². The monoisotopic (exact) mass is 284 g/mol. The summed E-state index contributed by atoms with van der Waals surface area (Å²) in [6.07, 6.45) is 5.83. The van der Waals surface area contributed by atoms with Crippen molar-refractivity contribution in [3.05, 3.63) is 53.0 Å². The maximum atomic E-state index is 11.6. The highest BCUT2D eigenvalue weighted by atomic mass is 16.5. The SMILES string of the molecule is CCOC(=O)/C=C1/NCCN1C1=Cc2ccccc2CC1. The van der Waals surface area contributed by atoms with Crippen molar-refractivity contribution in [2.75, 3.05) is 19.7 Å². The first-order chi connectivity index (χ1) is 10.3. The number of esters is 1. The number of nitrogens with zero attached hydrogens (tertiary/aromatic N) is 1. The van der Waals surface area contributed by atoms with E-state index >= 15 is 0 Å². The van der Waals surface area contributed by atoms with Gasteiger partial charge in [0.15, 0.2) is 0 Å². The number of nitrogens with one attached hydrogen (secondary N) is 1. The summed E-state index contributed by atoms with van der Waals surface area (Å²) in [4.78, 5) is 13.8. The molecule has 0 bridgehead atoms. The van der Waals surface area contributed by atoms with E-state index in [0.29, 0.717) is 6.61 Å². The molecule has 21 heavy (non-hydrogen) atoms. The van der Waals surface area contributed by atoms with Gasteiger partial charge >= 0.3 is 5.97 Å². The summed E-state index contributed by atoms with van der Waals surface area (Å²) in [5, 5.41) is 3.26. The fourth-order valence-electron chi connectivity index (χ4n) is 2.86. The van der Waals surface area contributed by atoms with E-state index in [0.717, 1.165) is 31.8 Å². The molecular weight excluding hydrogens is 264 g/mol. The molecule has 1 aromatic carbocycles. The number of ether oxygens (including phenoxy) is 1. The zero-order valence-corrected chi connectivity index (χ0v) is 12.3. The van der Waals surface area contributed by atoms with Crippen molar-refractivity contribution < 1.29 is 9.53 Å². The Kier molecular flexibility index (Phi) is 3.95. The third-order valence-corrected chi connectivity index (χ3v) is 3.85. The lowest BCUT2D eigenvalue weighted by Gasteiger charge is -2.26. The van der Waals surface area contributed by atoms with E-state index in [1.807, 2.05) is 6.92 Å². The Labute approximate surface area is 125 Å². The minimum absolute atomic E-state index is 0.288. The molecule has 1 heterocycles. The summed E-state index contributed by atoms with van der Waals surface area (Å²) in [6.45, 7) is 3.96. The van der Waals surface area contributed by atoms with Crippen LogP contribution < -0.4 is 5.32 Å². The molecule has 1 saturated heterocycles. The van der Waals surface area contributed by atoms with Gasteiger partial charge in [-0.3, -0.25) is 0 Å². The largest absolute Gasteiger partial charge is 0.463 e. The molecule has 0 saturated carbocycles. The number of carbonyl (C=O) groups is 1. The van der Waals surface area contributed by atoms with Gasteiger partial charge in [-0.25, -0.2) is 4.79 Å². The molecule has 1 N–H and O–H groups in total. The third kappa shape index (κ3) is 2.94. The molecule has 0 amide bonds. The van der Waals surface area contributed by atoms with Gasteiger partial charge in [-0.05, 0) is 37.0 Å². The van der Waals surface area contributed by atoms with Crippen molar-refractivity contribution >= 4 is 12.0 Å². The average molecular weight is 284 g/mol. The van der Waals surface area contributed by atoms with Crippen molar-refractivity contribution in [2.45, 2.75) is 19.8 Å². The smallest absolute Gasteiger partial charge is 0.334 e. The van der Waals surface area contributed by atoms with Crippen LogP contribution in [0.2, 0.25) is 0 Å². The first-order valence-electron chi connectivity index (χ1n) is 7.46. The van der Waals surface area contributed by atoms with Crippen LogP contribution in [0.25, 0.3) is 6.08 Å². The van der Waals surface area contributed by atoms with E-state index in [1.165, 1.54) is 16.8 Å². The summed E-state index contributed by atoms with van der Waals surface area (Å²) in [7, 11) is 0. The fraction of sp³-hybridized carbons (Fsp3) is 0.353. The second kappa shape index (κ2) is 6.04. The number of aryl methyl sites for hydroxylation is 1. The van der Waals surface area contributed by atoms with Crippen molar-refractivity contribution in [1.82, 2.24) is 10.2 Å². The number of benzene rings is 1. The highest BCUT2D eigenvalue weighted by molar-refractivity contribution is 5.82. The number of hydrogen-bond donors (Lipinski definition) is 1. The van der Waals surface area contributed by atoms with Crippen molar-refractivity contribution in [1.29, 1.82) is 0 Å². The van der Waals surface area contributed by atoms with Gasteiger partial charge in [0.1, 0.15) is 5.82 Å². The van der Waals surface area contributed by atoms with Gasteiger partial charge in [-0.15, -0.1) is 0 Å². The highest BCUT2D eigenvalue weighted by Gasteiger charge is 2.23. The second-order valence-corrected chi connectivity index (χ2v) is 5.19. The molecule has 1 aliphatic carbocycles. The first-order valence-corrected chi connectivity index (χ1v) is 7.46. The lowest BCUT2D eigenvalue weighted by Crippen LogP contribution is -2.22. The summed E-state index contributed by atoms with van der Waals surface area (Å²) < 4.78 is 4.99. The molecule has 4 nitrogen and oxygen atoms in total. The van der Waals surface area contributed by atoms with Crippen LogP contribution in [0, 0.1) is 0 Å². The number of fused-ring (bicyclic) bond motifs is 1. The van der Waals surface area contributed by atoms with Crippen LogP contribution in [-0.2, 0) is 16.0 Å². The lowest BCUT2D eigenvalue weighted by molar-refractivity contribution is -0.137. The van der Waals surface area contributed by atoms with Gasteiger partial charge in [0, 0.05) is 18.8 Å². The van der Waals surface area contributed by atoms with Gasteiger partial charge in [0.25, 0.3) is 0 Å². The van der Waals surface area contributed by atoms with Crippen LogP contribution >= 0.6 is 0 Å². The molecular formula is C17H20N2O2. The van der Waals surface area contributed by atoms with E-state index < -0.39 is 0 Å². The van der Waals surface area contributed by atoms with E-state index in [9.17, 15) is 4.79 Å². The Hall–Kier alpha value is -2.23. The standard InChI is InChI=1S/C17H20N2O2/c1-2-21-17(20)12-16-18-9-10-19(16)15-8-7-13-5-3-4-6-14(13)11-15/h3-6,11-12,18H,2,7-10H2,1H3/b16-12-. The van der Waals surface area contributed by atoms with Crippen LogP contribution in [0.5, 0.6) is 0 Å². The quantitative estimate of drug-likeness (QED) is 0.683. The fourth-order valence-corrected chi connectivity index (χ4v) is 2.86. The Morgan fingerprint density at radius 2 is 2.24 bits per heavy atom. The molecule has 0 atom stereocenters. The normalized spacial score (nSPS) is 19.0. The van der Waals surface area contributed by atoms with Gasteiger partial charge in [-0.2, -0.15) is 0 Å². The highest BCUT2D eigenvalue weighted by Crippen LogP contribution is 2.28. The van der Waals surface area contributed by atoms with Crippen LogP contribution in [0.3, 0.4) is 0 Å². The number of rotatable bonds is 3. The summed E-state index contributed by atoms with van der Waals surface area (Å²) in [5.74, 6) is 0.558. The minimum Gasteiger partial charge on any atom is -0.463 e. The molecule has 0 spiro atoms. The van der Waals surface area contributed by atoms with Gasteiger partial charge in [0.05, 0.1) is 12.7 Å². The second-order valence-electron chi connectivity index (χ2n) is 5.19. The minimum atomic E-state index is -0.288. The molecule has 0 radical (unpaired) electrons. The van der Waals surface area contributed by atoms with Gasteiger partial charge < -0.3 is 15.0 Å². The Morgan fingerprint density at radius 1 is 1.38 bits per heavy atom. The lowest BCUT2D eigenvalue weighted by atomic mass is 9.95. The third-order valence-electron chi connectivity index (χ3n) is 3.85. The van der Waals surface area contributed by atoms with Crippen LogP contribution in [-0.4, -0.2) is 30.6 Å². The van der Waals surface area contributed by atoms with E-state index in [2.05, 4.69) is 40.6 Å². The summed E-state index contributed by atoms with van der Waals surface area (Å²) in [6, 6.07) is 8.48. The predicted octanol–water partition coefficient (Wildman–Crippen LogP) is 2.28. The van der Waals surface area contributed by atoms with Gasteiger partial charge in [-0.1, -0.05) is 24.3 Å². The maximum Gasteiger partial charge on any atom is 0.334 e.